The van der Waals surface area contributed by atoms with Crippen molar-refractivity contribution in [2.75, 3.05) is 11.5 Å². The van der Waals surface area contributed by atoms with E-state index < -0.39 is 0 Å². The van der Waals surface area contributed by atoms with Gasteiger partial charge in [0.15, 0.2) is 5.16 Å². The van der Waals surface area contributed by atoms with E-state index in [4.69, 9.17) is 5.73 Å². The number of nitrogens with zero attached hydrogens (tertiary/aromatic N) is 3. The van der Waals surface area contributed by atoms with Gasteiger partial charge in [-0.25, -0.2) is 0 Å². The van der Waals surface area contributed by atoms with Gasteiger partial charge in [-0.05, 0) is 29.0 Å². The van der Waals surface area contributed by atoms with E-state index in [0.29, 0.717) is 0 Å². The van der Waals surface area contributed by atoms with Crippen molar-refractivity contribution in [2.24, 2.45) is 0 Å². The van der Waals surface area contributed by atoms with E-state index in [-0.39, 0.29) is 0 Å². The first-order valence-corrected chi connectivity index (χ1v) is 8.68. The summed E-state index contributed by atoms with van der Waals surface area (Å²) in [7, 11) is 0. The molecule has 0 bridgehead atoms. The van der Waals surface area contributed by atoms with Gasteiger partial charge in [0.1, 0.15) is 5.82 Å². The maximum Gasteiger partial charge on any atom is 0.191 e. The van der Waals surface area contributed by atoms with Crippen molar-refractivity contribution < 1.29 is 0 Å². The van der Waals surface area contributed by atoms with Crippen LogP contribution in [0.5, 0.6) is 0 Å². The van der Waals surface area contributed by atoms with Crippen molar-refractivity contribution in [3.8, 4) is 0 Å². The Morgan fingerprint density at radius 1 is 0.957 bits per heavy atom. The lowest BCUT2D eigenvalue weighted by atomic mass is 10.1. The fourth-order valence-electron chi connectivity index (χ4n) is 2.43. The van der Waals surface area contributed by atoms with Crippen LogP contribution in [0.2, 0.25) is 0 Å². The molecule has 0 fully saturated rings. The average Bonchev–Trinajstić information content (AvgIpc) is 2.93. The number of anilines is 1. The van der Waals surface area contributed by atoms with Crippen LogP contribution < -0.4 is 5.73 Å². The first-order valence-electron chi connectivity index (χ1n) is 7.69. The smallest absolute Gasteiger partial charge is 0.191 e. The number of thioether (sulfide) groups is 1. The molecule has 2 aromatic carbocycles. The standard InChI is InChI=1S/C18H20N4S/c1-2-23-18-21-20-17(12-14-6-4-3-5-7-14)22(18)13-15-8-10-16(19)11-9-15/h3-11H,2,12-13,19H2,1H3. The topological polar surface area (TPSA) is 56.7 Å². The zero-order chi connectivity index (χ0) is 16.1. The molecule has 0 saturated heterocycles. The van der Waals surface area contributed by atoms with Gasteiger partial charge in [-0.15, -0.1) is 10.2 Å². The third-order valence-electron chi connectivity index (χ3n) is 3.59. The maximum atomic E-state index is 5.77. The second kappa shape index (κ2) is 7.33. The van der Waals surface area contributed by atoms with E-state index in [1.807, 2.05) is 18.2 Å². The van der Waals surface area contributed by atoms with Gasteiger partial charge in [-0.2, -0.15) is 0 Å². The number of rotatable bonds is 6. The van der Waals surface area contributed by atoms with Gasteiger partial charge in [0.05, 0.1) is 6.54 Å². The molecule has 0 aliphatic rings. The summed E-state index contributed by atoms with van der Waals surface area (Å²) in [4.78, 5) is 0. The molecule has 0 radical (unpaired) electrons. The summed E-state index contributed by atoms with van der Waals surface area (Å²) in [6.45, 7) is 2.89. The molecule has 118 valence electrons. The number of hydrogen-bond acceptors (Lipinski definition) is 4. The Morgan fingerprint density at radius 2 is 1.70 bits per heavy atom. The van der Waals surface area contributed by atoms with Crippen molar-refractivity contribution in [2.45, 2.75) is 25.0 Å². The quantitative estimate of drug-likeness (QED) is 0.556. The van der Waals surface area contributed by atoms with Gasteiger partial charge in [0.25, 0.3) is 0 Å². The summed E-state index contributed by atoms with van der Waals surface area (Å²) in [5.41, 5.74) is 9.00. The number of nitrogen functional groups attached to an aromatic ring is 1. The van der Waals surface area contributed by atoms with E-state index in [1.165, 1.54) is 11.1 Å². The summed E-state index contributed by atoms with van der Waals surface area (Å²) in [6, 6.07) is 18.4. The number of benzene rings is 2. The molecule has 5 heteroatoms. The monoisotopic (exact) mass is 324 g/mol. The second-order valence-corrected chi connectivity index (χ2v) is 6.55. The molecular formula is C18H20N4S. The van der Waals surface area contributed by atoms with Gasteiger partial charge >= 0.3 is 0 Å². The Labute approximate surface area is 140 Å². The zero-order valence-corrected chi connectivity index (χ0v) is 14.0. The molecule has 3 rings (SSSR count). The predicted octanol–water partition coefficient (Wildman–Crippen LogP) is 3.61. The highest BCUT2D eigenvalue weighted by molar-refractivity contribution is 7.99. The third kappa shape index (κ3) is 3.93. The molecule has 0 unspecified atom stereocenters. The molecule has 0 atom stereocenters. The molecule has 4 nitrogen and oxygen atoms in total. The minimum absolute atomic E-state index is 0.762. The number of hydrogen-bond donors (Lipinski definition) is 1. The largest absolute Gasteiger partial charge is 0.399 e. The number of nitrogens with two attached hydrogens (primary N) is 1. The van der Waals surface area contributed by atoms with Gasteiger partial charge in [0.2, 0.25) is 0 Å². The Morgan fingerprint density at radius 3 is 2.39 bits per heavy atom. The Hall–Kier alpha value is -2.27. The maximum absolute atomic E-state index is 5.77. The molecule has 0 aliphatic carbocycles. The minimum Gasteiger partial charge on any atom is -0.399 e. The zero-order valence-electron chi connectivity index (χ0n) is 13.1. The van der Waals surface area contributed by atoms with Crippen LogP contribution in [0.3, 0.4) is 0 Å². The van der Waals surface area contributed by atoms with Crippen LogP contribution in [0.25, 0.3) is 0 Å². The highest BCUT2D eigenvalue weighted by Crippen LogP contribution is 2.20. The molecule has 1 aromatic heterocycles. The molecule has 0 spiro atoms. The Balaban J connectivity index is 1.89. The molecule has 23 heavy (non-hydrogen) atoms. The minimum atomic E-state index is 0.762. The van der Waals surface area contributed by atoms with Crippen molar-refractivity contribution in [1.29, 1.82) is 0 Å². The van der Waals surface area contributed by atoms with Gasteiger partial charge in [-0.3, -0.25) is 0 Å². The molecule has 2 N–H and O–H groups in total. The highest BCUT2D eigenvalue weighted by Gasteiger charge is 2.13. The summed E-state index contributed by atoms with van der Waals surface area (Å²) in [5, 5.41) is 9.75. The average molecular weight is 324 g/mol. The lowest BCUT2D eigenvalue weighted by Crippen LogP contribution is -2.07. The van der Waals surface area contributed by atoms with Crippen molar-refractivity contribution in [3.05, 3.63) is 71.5 Å². The van der Waals surface area contributed by atoms with Gasteiger partial charge in [-0.1, -0.05) is 61.2 Å². The lowest BCUT2D eigenvalue weighted by Gasteiger charge is -2.10. The van der Waals surface area contributed by atoms with E-state index >= 15 is 0 Å². The highest BCUT2D eigenvalue weighted by atomic mass is 32.2. The van der Waals surface area contributed by atoms with E-state index in [1.54, 1.807) is 11.8 Å². The second-order valence-electron chi connectivity index (χ2n) is 5.32. The molecule has 0 saturated carbocycles. The normalized spacial score (nSPS) is 10.8. The van der Waals surface area contributed by atoms with Gasteiger partial charge in [0, 0.05) is 12.1 Å². The van der Waals surface area contributed by atoms with Crippen molar-refractivity contribution in [3.63, 3.8) is 0 Å². The number of aromatic nitrogens is 3. The van der Waals surface area contributed by atoms with Gasteiger partial charge < -0.3 is 10.3 Å². The third-order valence-corrected chi connectivity index (χ3v) is 4.44. The van der Waals surface area contributed by atoms with E-state index in [2.05, 4.69) is 58.1 Å². The van der Waals surface area contributed by atoms with Crippen LogP contribution in [0.15, 0.2) is 59.8 Å². The van der Waals surface area contributed by atoms with Crippen LogP contribution in [-0.4, -0.2) is 20.5 Å². The lowest BCUT2D eigenvalue weighted by molar-refractivity contribution is 0.676. The first kappa shape index (κ1) is 15.6. The molecule has 0 aliphatic heterocycles. The predicted molar refractivity (Wildman–Crippen MR) is 95.6 cm³/mol. The van der Waals surface area contributed by atoms with E-state index in [9.17, 15) is 0 Å². The van der Waals surface area contributed by atoms with Crippen LogP contribution in [-0.2, 0) is 13.0 Å². The van der Waals surface area contributed by atoms with Crippen molar-refractivity contribution >= 4 is 17.4 Å². The van der Waals surface area contributed by atoms with Crippen molar-refractivity contribution in [1.82, 2.24) is 14.8 Å². The summed E-state index contributed by atoms with van der Waals surface area (Å²) in [5.74, 6) is 1.97. The molecule has 1 heterocycles. The SMILES string of the molecule is CCSc1nnc(Cc2ccccc2)n1Cc1ccc(N)cc1. The van der Waals surface area contributed by atoms with Crippen LogP contribution >= 0.6 is 11.8 Å². The first-order chi connectivity index (χ1) is 11.3. The van der Waals surface area contributed by atoms with Crippen LogP contribution in [0.4, 0.5) is 5.69 Å². The molecular weight excluding hydrogens is 304 g/mol. The fourth-order valence-corrected chi connectivity index (χ4v) is 3.11. The summed E-state index contributed by atoms with van der Waals surface area (Å²) in [6.07, 6.45) is 0.785. The summed E-state index contributed by atoms with van der Waals surface area (Å²) < 4.78 is 2.20. The van der Waals surface area contributed by atoms with Crippen LogP contribution in [0.1, 0.15) is 23.9 Å². The summed E-state index contributed by atoms with van der Waals surface area (Å²) >= 11 is 1.72. The molecule has 0 amide bonds. The molecule has 3 aromatic rings. The van der Waals surface area contributed by atoms with Crippen LogP contribution in [0, 0.1) is 0 Å². The Bertz CT molecular complexity index is 750. The van der Waals surface area contributed by atoms with E-state index in [0.717, 1.165) is 35.4 Å². The fraction of sp³-hybridized carbons (Fsp3) is 0.222. The Kier molecular flexibility index (Phi) is 4.98.